The van der Waals surface area contributed by atoms with Gasteiger partial charge in [0.15, 0.2) is 0 Å². The second-order valence-electron chi connectivity index (χ2n) is 4.71. The second-order valence-corrected chi connectivity index (χ2v) is 5.84. The summed E-state index contributed by atoms with van der Waals surface area (Å²) in [5.74, 6) is 1.05. The van der Waals surface area contributed by atoms with Crippen molar-refractivity contribution in [2.45, 2.75) is 24.0 Å². The van der Waals surface area contributed by atoms with Crippen molar-refractivity contribution in [3.63, 3.8) is 0 Å². The van der Waals surface area contributed by atoms with Crippen LogP contribution in [0.5, 0.6) is 0 Å². The van der Waals surface area contributed by atoms with Gasteiger partial charge in [0.1, 0.15) is 0 Å². The predicted octanol–water partition coefficient (Wildman–Crippen LogP) is 4.27. The molecule has 0 aromatic heterocycles. The van der Waals surface area contributed by atoms with E-state index in [1.54, 1.807) is 0 Å². The summed E-state index contributed by atoms with van der Waals surface area (Å²) < 4.78 is 0. The van der Waals surface area contributed by atoms with Crippen molar-refractivity contribution in [1.82, 2.24) is 5.32 Å². The predicted molar refractivity (Wildman–Crippen MR) is 85.4 cm³/mol. The lowest BCUT2D eigenvalue weighted by Gasteiger charge is -2.23. The van der Waals surface area contributed by atoms with Crippen molar-refractivity contribution in [3.8, 4) is 0 Å². The number of hydrogen-bond donors (Lipinski definition) is 1. The smallest absolute Gasteiger partial charge is 0.0451 e. The molecular weight excluding hydrogens is 250 g/mol. The van der Waals surface area contributed by atoms with Crippen molar-refractivity contribution in [3.05, 3.63) is 71.8 Å². The van der Waals surface area contributed by atoms with Crippen molar-refractivity contribution < 1.29 is 0 Å². The maximum Gasteiger partial charge on any atom is 0.0451 e. The lowest BCUT2D eigenvalue weighted by molar-refractivity contribution is 0.597. The summed E-state index contributed by atoms with van der Waals surface area (Å²) in [6.45, 7) is 2.25. The summed E-state index contributed by atoms with van der Waals surface area (Å²) in [5, 5.41) is 3.86. The SMILES string of the molecule is CN[C@@H](C)[C@H](SCc1ccccc1)c1ccccc1. The Balaban J connectivity index is 2.07. The van der Waals surface area contributed by atoms with Gasteiger partial charge in [-0.3, -0.25) is 0 Å². The molecule has 0 bridgehead atoms. The Morgan fingerprint density at radius 2 is 1.53 bits per heavy atom. The molecule has 19 heavy (non-hydrogen) atoms. The molecule has 2 aromatic rings. The molecule has 0 saturated heterocycles. The molecule has 2 aromatic carbocycles. The van der Waals surface area contributed by atoms with Gasteiger partial charge in [-0.2, -0.15) is 0 Å². The van der Waals surface area contributed by atoms with Crippen LogP contribution in [0.3, 0.4) is 0 Å². The second kappa shape index (κ2) is 7.37. The van der Waals surface area contributed by atoms with Crippen LogP contribution in [0.15, 0.2) is 60.7 Å². The molecule has 100 valence electrons. The summed E-state index contributed by atoms with van der Waals surface area (Å²) in [5.41, 5.74) is 2.78. The zero-order valence-electron chi connectivity index (χ0n) is 11.5. The Kier molecular flexibility index (Phi) is 5.49. The fourth-order valence-electron chi connectivity index (χ4n) is 2.08. The molecule has 0 spiro atoms. The maximum absolute atomic E-state index is 3.38. The van der Waals surface area contributed by atoms with E-state index >= 15 is 0 Å². The lowest BCUT2D eigenvalue weighted by Crippen LogP contribution is -2.27. The highest BCUT2D eigenvalue weighted by atomic mass is 32.2. The third-order valence-electron chi connectivity index (χ3n) is 3.31. The van der Waals surface area contributed by atoms with Crippen molar-refractivity contribution in [2.75, 3.05) is 7.05 Å². The van der Waals surface area contributed by atoms with Gasteiger partial charge < -0.3 is 5.32 Å². The summed E-state index contributed by atoms with van der Waals surface area (Å²) in [6, 6.07) is 21.9. The molecule has 2 atom stereocenters. The number of rotatable bonds is 6. The Labute approximate surface area is 120 Å². The third kappa shape index (κ3) is 4.12. The van der Waals surface area contributed by atoms with Crippen LogP contribution < -0.4 is 5.32 Å². The molecule has 0 aliphatic rings. The van der Waals surface area contributed by atoms with E-state index in [0.29, 0.717) is 11.3 Å². The molecule has 1 nitrogen and oxygen atoms in total. The topological polar surface area (TPSA) is 12.0 Å². The van der Waals surface area contributed by atoms with E-state index in [1.807, 2.05) is 18.8 Å². The Bertz CT molecular complexity index is 469. The minimum absolute atomic E-state index is 0.455. The maximum atomic E-state index is 3.38. The number of hydrogen-bond acceptors (Lipinski definition) is 2. The van der Waals surface area contributed by atoms with Crippen LogP contribution in [-0.2, 0) is 5.75 Å². The van der Waals surface area contributed by atoms with E-state index in [1.165, 1.54) is 11.1 Å². The van der Waals surface area contributed by atoms with Crippen LogP contribution in [-0.4, -0.2) is 13.1 Å². The Morgan fingerprint density at radius 1 is 0.947 bits per heavy atom. The lowest BCUT2D eigenvalue weighted by atomic mass is 10.1. The zero-order chi connectivity index (χ0) is 13.5. The molecular formula is C17H21NS. The average Bonchev–Trinajstić information content (AvgIpc) is 2.49. The van der Waals surface area contributed by atoms with Gasteiger partial charge in [0.2, 0.25) is 0 Å². The largest absolute Gasteiger partial charge is 0.316 e. The minimum Gasteiger partial charge on any atom is -0.316 e. The van der Waals surface area contributed by atoms with Crippen molar-refractivity contribution in [1.29, 1.82) is 0 Å². The van der Waals surface area contributed by atoms with Gasteiger partial charge in [0.05, 0.1) is 0 Å². The van der Waals surface area contributed by atoms with Gasteiger partial charge in [-0.1, -0.05) is 60.7 Å². The first-order valence-electron chi connectivity index (χ1n) is 6.69. The van der Waals surface area contributed by atoms with Crippen molar-refractivity contribution >= 4 is 11.8 Å². The molecule has 0 aliphatic heterocycles. The zero-order valence-corrected chi connectivity index (χ0v) is 12.4. The molecule has 0 fully saturated rings. The Hall–Kier alpha value is -1.25. The van der Waals surface area contributed by atoms with Gasteiger partial charge in [-0.15, -0.1) is 11.8 Å². The van der Waals surface area contributed by atoms with Gasteiger partial charge in [0.25, 0.3) is 0 Å². The van der Waals surface area contributed by atoms with E-state index in [9.17, 15) is 0 Å². The molecule has 1 N–H and O–H groups in total. The molecule has 2 rings (SSSR count). The Morgan fingerprint density at radius 3 is 2.11 bits per heavy atom. The van der Waals surface area contributed by atoms with E-state index in [0.717, 1.165) is 5.75 Å². The molecule has 0 radical (unpaired) electrons. The number of benzene rings is 2. The summed E-state index contributed by atoms with van der Waals surface area (Å²) in [7, 11) is 2.03. The van der Waals surface area contributed by atoms with Gasteiger partial charge >= 0.3 is 0 Å². The fraction of sp³-hybridized carbons (Fsp3) is 0.294. The summed E-state index contributed by atoms with van der Waals surface area (Å²) in [4.78, 5) is 0. The van der Waals surface area contributed by atoms with Crippen LogP contribution in [0.4, 0.5) is 0 Å². The molecule has 0 aliphatic carbocycles. The van der Waals surface area contributed by atoms with Crippen LogP contribution >= 0.6 is 11.8 Å². The summed E-state index contributed by atoms with van der Waals surface area (Å²) in [6.07, 6.45) is 0. The monoisotopic (exact) mass is 271 g/mol. The van der Waals surface area contributed by atoms with Gasteiger partial charge in [0, 0.05) is 17.0 Å². The first-order valence-corrected chi connectivity index (χ1v) is 7.74. The van der Waals surface area contributed by atoms with E-state index < -0.39 is 0 Å². The van der Waals surface area contributed by atoms with Crippen LogP contribution in [0.2, 0.25) is 0 Å². The van der Waals surface area contributed by atoms with Crippen LogP contribution in [0, 0.1) is 0 Å². The highest BCUT2D eigenvalue weighted by molar-refractivity contribution is 7.98. The fourth-order valence-corrected chi connectivity index (χ4v) is 3.42. The average molecular weight is 271 g/mol. The van der Waals surface area contributed by atoms with Gasteiger partial charge in [-0.05, 0) is 25.1 Å². The van der Waals surface area contributed by atoms with Crippen LogP contribution in [0.1, 0.15) is 23.3 Å². The third-order valence-corrected chi connectivity index (χ3v) is 4.85. The van der Waals surface area contributed by atoms with Crippen molar-refractivity contribution in [2.24, 2.45) is 0 Å². The molecule has 0 amide bonds. The number of thioether (sulfide) groups is 1. The number of nitrogens with one attached hydrogen (secondary N) is 1. The first kappa shape index (κ1) is 14.2. The van der Waals surface area contributed by atoms with E-state index in [4.69, 9.17) is 0 Å². The highest BCUT2D eigenvalue weighted by Gasteiger charge is 2.18. The molecule has 0 unspecified atom stereocenters. The van der Waals surface area contributed by atoms with E-state index in [2.05, 4.69) is 72.9 Å². The molecule has 0 heterocycles. The highest BCUT2D eigenvalue weighted by Crippen LogP contribution is 2.34. The standard InChI is InChI=1S/C17H21NS/c1-14(18-2)17(16-11-7-4-8-12-16)19-13-15-9-5-3-6-10-15/h3-12,14,17-18H,13H2,1-2H3/t14-,17-/m0/s1. The van der Waals surface area contributed by atoms with Crippen LogP contribution in [0.25, 0.3) is 0 Å². The molecule has 0 saturated carbocycles. The molecule has 2 heteroatoms. The van der Waals surface area contributed by atoms with Gasteiger partial charge in [-0.25, -0.2) is 0 Å². The first-order chi connectivity index (χ1) is 9.31. The van der Waals surface area contributed by atoms with E-state index in [-0.39, 0.29) is 0 Å². The quantitative estimate of drug-likeness (QED) is 0.842. The number of likely N-dealkylation sites (N-methyl/N-ethyl adjacent to an activating group) is 1. The summed E-state index contributed by atoms with van der Waals surface area (Å²) >= 11 is 2.00. The minimum atomic E-state index is 0.455. The normalized spacial score (nSPS) is 14.0.